The van der Waals surface area contributed by atoms with E-state index in [2.05, 4.69) is 4.98 Å². The zero-order chi connectivity index (χ0) is 14.0. The molecule has 0 aliphatic heterocycles. The Hall–Kier alpha value is -2.43. The second kappa shape index (κ2) is 5.06. The summed E-state index contributed by atoms with van der Waals surface area (Å²) in [5.41, 5.74) is 1.32. The van der Waals surface area contributed by atoms with Gasteiger partial charge in [-0.3, -0.25) is 9.78 Å². The van der Waals surface area contributed by atoms with Gasteiger partial charge in [0.15, 0.2) is 0 Å². The molecule has 0 bridgehead atoms. The van der Waals surface area contributed by atoms with Crippen LogP contribution in [-0.4, -0.2) is 20.6 Å². The van der Waals surface area contributed by atoms with Gasteiger partial charge in [-0.1, -0.05) is 6.07 Å². The lowest BCUT2D eigenvalue weighted by atomic mass is 10.1. The lowest BCUT2D eigenvalue weighted by Crippen LogP contribution is -2.28. The van der Waals surface area contributed by atoms with Crippen LogP contribution in [0, 0.1) is 13.8 Å². The Morgan fingerprint density at radius 3 is 2.68 bits per heavy atom. The van der Waals surface area contributed by atoms with Crippen molar-refractivity contribution in [2.24, 2.45) is 0 Å². The minimum Gasteiger partial charge on any atom is -0.477 e. The maximum absolute atomic E-state index is 12.1. The topological polar surface area (TPSA) is 72.2 Å². The highest BCUT2D eigenvalue weighted by Gasteiger charge is 2.16. The molecule has 0 unspecified atom stereocenters. The fourth-order valence-corrected chi connectivity index (χ4v) is 1.93. The Morgan fingerprint density at radius 2 is 2.11 bits per heavy atom. The van der Waals surface area contributed by atoms with Gasteiger partial charge in [-0.25, -0.2) is 4.79 Å². The van der Waals surface area contributed by atoms with Crippen LogP contribution in [0.25, 0.3) is 0 Å². The third-order valence-electron chi connectivity index (χ3n) is 3.06. The van der Waals surface area contributed by atoms with Crippen LogP contribution in [-0.2, 0) is 6.54 Å². The largest absolute Gasteiger partial charge is 0.477 e. The highest BCUT2D eigenvalue weighted by atomic mass is 16.4. The summed E-state index contributed by atoms with van der Waals surface area (Å²) in [6.45, 7) is 3.70. The zero-order valence-electron chi connectivity index (χ0n) is 10.8. The van der Waals surface area contributed by atoms with E-state index in [9.17, 15) is 9.59 Å². The first-order valence-corrected chi connectivity index (χ1v) is 5.84. The molecule has 2 aromatic rings. The summed E-state index contributed by atoms with van der Waals surface area (Å²) >= 11 is 0. The summed E-state index contributed by atoms with van der Waals surface area (Å²) < 4.78 is 1.38. The molecule has 2 rings (SSSR count). The van der Waals surface area contributed by atoms with E-state index in [1.165, 1.54) is 4.57 Å². The molecule has 0 atom stereocenters. The molecule has 19 heavy (non-hydrogen) atoms. The molecule has 5 nitrogen and oxygen atoms in total. The van der Waals surface area contributed by atoms with Crippen LogP contribution in [0.3, 0.4) is 0 Å². The van der Waals surface area contributed by atoms with E-state index in [0.717, 1.165) is 5.56 Å². The van der Waals surface area contributed by atoms with Crippen molar-refractivity contribution in [2.75, 3.05) is 0 Å². The van der Waals surface area contributed by atoms with E-state index in [1.54, 1.807) is 38.4 Å². The van der Waals surface area contributed by atoms with Gasteiger partial charge in [0.2, 0.25) is 0 Å². The number of aromatic nitrogens is 2. The number of hydrogen-bond donors (Lipinski definition) is 1. The number of carbonyl (C=O) groups is 1. The molecule has 0 aliphatic carbocycles. The average Bonchev–Trinajstić information content (AvgIpc) is 2.37. The number of carboxylic acids is 1. The second-order valence-electron chi connectivity index (χ2n) is 4.37. The molecule has 0 radical (unpaired) electrons. The van der Waals surface area contributed by atoms with Crippen LogP contribution in [0.4, 0.5) is 0 Å². The summed E-state index contributed by atoms with van der Waals surface area (Å²) in [4.78, 5) is 27.4. The van der Waals surface area contributed by atoms with E-state index in [1.807, 2.05) is 6.07 Å². The molecule has 0 fully saturated rings. The third kappa shape index (κ3) is 2.54. The van der Waals surface area contributed by atoms with Crippen LogP contribution in [0.15, 0.2) is 35.4 Å². The molecule has 0 spiro atoms. The van der Waals surface area contributed by atoms with E-state index < -0.39 is 11.5 Å². The highest BCUT2D eigenvalue weighted by molar-refractivity contribution is 5.89. The van der Waals surface area contributed by atoms with Gasteiger partial charge in [0.05, 0.1) is 12.2 Å². The summed E-state index contributed by atoms with van der Waals surface area (Å²) in [6.07, 6.45) is 3.30. The Kier molecular flexibility index (Phi) is 3.46. The summed E-state index contributed by atoms with van der Waals surface area (Å²) in [7, 11) is 0. The summed E-state index contributed by atoms with van der Waals surface area (Å²) in [6, 6.07) is 5.41. The minimum absolute atomic E-state index is 0.170. The molecule has 0 saturated carbocycles. The Labute approximate surface area is 110 Å². The molecular weight excluding hydrogens is 244 g/mol. The van der Waals surface area contributed by atoms with E-state index in [-0.39, 0.29) is 12.1 Å². The van der Waals surface area contributed by atoms with Gasteiger partial charge < -0.3 is 9.67 Å². The number of pyridine rings is 2. The predicted octanol–water partition coefficient (Wildman–Crippen LogP) is 1.61. The fraction of sp³-hybridized carbons (Fsp3) is 0.214. The molecule has 2 aromatic heterocycles. The van der Waals surface area contributed by atoms with Crippen molar-refractivity contribution < 1.29 is 9.90 Å². The first-order valence-electron chi connectivity index (χ1n) is 5.84. The lowest BCUT2D eigenvalue weighted by Gasteiger charge is -2.11. The molecule has 0 aromatic carbocycles. The molecule has 2 heterocycles. The van der Waals surface area contributed by atoms with Crippen molar-refractivity contribution in [1.29, 1.82) is 0 Å². The van der Waals surface area contributed by atoms with Crippen LogP contribution in [0.1, 0.15) is 27.2 Å². The molecule has 0 saturated heterocycles. The van der Waals surface area contributed by atoms with E-state index >= 15 is 0 Å². The van der Waals surface area contributed by atoms with Crippen molar-refractivity contribution in [2.45, 2.75) is 20.4 Å². The Bertz CT molecular complexity index is 675. The maximum Gasteiger partial charge on any atom is 0.341 e. The fourth-order valence-electron chi connectivity index (χ4n) is 1.93. The average molecular weight is 258 g/mol. The van der Waals surface area contributed by atoms with Gasteiger partial charge in [0, 0.05) is 12.4 Å². The normalized spacial score (nSPS) is 10.4. The van der Waals surface area contributed by atoms with Crippen LogP contribution in [0.5, 0.6) is 0 Å². The predicted molar refractivity (Wildman–Crippen MR) is 70.5 cm³/mol. The first kappa shape index (κ1) is 13.0. The molecule has 5 heteroatoms. The molecule has 1 N–H and O–H groups in total. The van der Waals surface area contributed by atoms with Crippen molar-refractivity contribution in [3.8, 4) is 0 Å². The molecular formula is C14H14N2O3. The van der Waals surface area contributed by atoms with Gasteiger partial charge in [-0.15, -0.1) is 0 Å². The van der Waals surface area contributed by atoms with Crippen LogP contribution in [0.2, 0.25) is 0 Å². The third-order valence-corrected chi connectivity index (χ3v) is 3.06. The molecule has 0 aliphatic rings. The number of aryl methyl sites for hydroxylation is 1. The minimum atomic E-state index is -1.19. The highest BCUT2D eigenvalue weighted by Crippen LogP contribution is 2.09. The molecule has 98 valence electrons. The monoisotopic (exact) mass is 258 g/mol. The van der Waals surface area contributed by atoms with E-state index in [0.29, 0.717) is 11.3 Å². The number of rotatable bonds is 3. The molecule has 0 amide bonds. The lowest BCUT2D eigenvalue weighted by molar-refractivity contribution is 0.0693. The van der Waals surface area contributed by atoms with Crippen LogP contribution >= 0.6 is 0 Å². The van der Waals surface area contributed by atoms with Gasteiger partial charge in [-0.05, 0) is 37.1 Å². The van der Waals surface area contributed by atoms with Crippen molar-refractivity contribution >= 4 is 5.97 Å². The summed E-state index contributed by atoms with van der Waals surface area (Å²) in [5.74, 6) is -1.19. The standard InChI is InChI=1S/C14H14N2O3/c1-9-7-16(8-11-5-3-4-6-15-11)13(17)12(10(9)2)14(18)19/h3-7H,8H2,1-2H3,(H,18,19). The zero-order valence-corrected chi connectivity index (χ0v) is 10.8. The van der Waals surface area contributed by atoms with Gasteiger partial charge >= 0.3 is 5.97 Å². The van der Waals surface area contributed by atoms with Crippen molar-refractivity contribution in [1.82, 2.24) is 9.55 Å². The number of nitrogens with zero attached hydrogens (tertiary/aromatic N) is 2. The quantitative estimate of drug-likeness (QED) is 0.907. The van der Waals surface area contributed by atoms with Crippen molar-refractivity contribution in [3.05, 3.63) is 63.3 Å². The number of aromatic carboxylic acids is 1. The Balaban J connectivity index is 2.54. The van der Waals surface area contributed by atoms with Gasteiger partial charge in [0.1, 0.15) is 5.56 Å². The van der Waals surface area contributed by atoms with Gasteiger partial charge in [-0.2, -0.15) is 0 Å². The number of carboxylic acid groups (broad SMARTS) is 1. The first-order chi connectivity index (χ1) is 9.00. The van der Waals surface area contributed by atoms with Crippen molar-refractivity contribution in [3.63, 3.8) is 0 Å². The smallest absolute Gasteiger partial charge is 0.341 e. The second-order valence-corrected chi connectivity index (χ2v) is 4.37. The van der Waals surface area contributed by atoms with Crippen LogP contribution < -0.4 is 5.56 Å². The number of hydrogen-bond acceptors (Lipinski definition) is 3. The SMILES string of the molecule is Cc1cn(Cc2ccccn2)c(=O)c(C(=O)O)c1C. The van der Waals surface area contributed by atoms with Gasteiger partial charge in [0.25, 0.3) is 5.56 Å². The van der Waals surface area contributed by atoms with E-state index in [4.69, 9.17) is 5.11 Å². The maximum atomic E-state index is 12.1. The summed E-state index contributed by atoms with van der Waals surface area (Å²) in [5, 5.41) is 9.13. The Morgan fingerprint density at radius 1 is 1.37 bits per heavy atom.